The quantitative estimate of drug-likeness (QED) is 0.700. The van der Waals surface area contributed by atoms with Gasteiger partial charge in [0, 0.05) is 24.4 Å². The monoisotopic (exact) mass is 269 g/mol. The number of carbonyl (C=O) groups is 1. The summed E-state index contributed by atoms with van der Waals surface area (Å²) in [7, 11) is 0. The van der Waals surface area contributed by atoms with Gasteiger partial charge < -0.3 is 4.90 Å². The summed E-state index contributed by atoms with van der Waals surface area (Å²) in [6, 6.07) is 0.542. The number of rotatable bonds is 5. The van der Waals surface area contributed by atoms with E-state index in [-0.39, 0.29) is 0 Å². The number of nitrogens with zero attached hydrogens (tertiary/aromatic N) is 1. The fourth-order valence-electron chi connectivity index (χ4n) is 4.16. The molecule has 2 nitrogen and oxygen atoms in total. The molecule has 3 heteroatoms. The first-order valence-electron chi connectivity index (χ1n) is 7.66. The van der Waals surface area contributed by atoms with Crippen molar-refractivity contribution < 1.29 is 4.79 Å². The molecular weight excluding hydrogens is 246 g/mol. The van der Waals surface area contributed by atoms with Gasteiger partial charge in [-0.2, -0.15) is 0 Å². The summed E-state index contributed by atoms with van der Waals surface area (Å²) in [5.41, 5.74) is 0. The van der Waals surface area contributed by atoms with E-state index < -0.39 is 0 Å². The van der Waals surface area contributed by atoms with Gasteiger partial charge in [-0.1, -0.05) is 6.42 Å². The summed E-state index contributed by atoms with van der Waals surface area (Å²) >= 11 is 5.80. The molecule has 0 saturated heterocycles. The Morgan fingerprint density at radius 1 is 1.17 bits per heavy atom. The van der Waals surface area contributed by atoms with Gasteiger partial charge in [0.05, 0.1) is 0 Å². The van der Waals surface area contributed by atoms with Crippen LogP contribution in [0.4, 0.5) is 0 Å². The molecule has 0 aromatic carbocycles. The predicted molar refractivity (Wildman–Crippen MR) is 73.6 cm³/mol. The third-order valence-corrected chi connectivity index (χ3v) is 5.65. The highest BCUT2D eigenvalue weighted by molar-refractivity contribution is 6.17. The van der Waals surface area contributed by atoms with Crippen LogP contribution in [0, 0.1) is 17.8 Å². The van der Waals surface area contributed by atoms with Crippen LogP contribution in [-0.4, -0.2) is 29.3 Å². The molecule has 0 aromatic heterocycles. The van der Waals surface area contributed by atoms with Crippen molar-refractivity contribution in [1.82, 2.24) is 4.90 Å². The largest absolute Gasteiger partial charge is 0.339 e. The second kappa shape index (κ2) is 5.40. The van der Waals surface area contributed by atoms with Gasteiger partial charge in [-0.15, -0.1) is 11.6 Å². The zero-order chi connectivity index (χ0) is 12.5. The Hall–Kier alpha value is -0.240. The minimum absolute atomic E-state index is 0.361. The van der Waals surface area contributed by atoms with Crippen molar-refractivity contribution in [2.45, 2.75) is 57.4 Å². The Bertz CT molecular complexity index is 316. The lowest BCUT2D eigenvalue weighted by molar-refractivity contribution is -0.141. The molecule has 3 saturated carbocycles. The second-order valence-corrected chi connectivity index (χ2v) is 6.82. The molecule has 3 unspecified atom stereocenters. The Morgan fingerprint density at radius 3 is 2.50 bits per heavy atom. The van der Waals surface area contributed by atoms with Crippen molar-refractivity contribution in [2.75, 3.05) is 12.4 Å². The first-order valence-corrected chi connectivity index (χ1v) is 8.19. The zero-order valence-electron chi connectivity index (χ0n) is 11.1. The van der Waals surface area contributed by atoms with Gasteiger partial charge in [-0.25, -0.2) is 0 Å². The van der Waals surface area contributed by atoms with Gasteiger partial charge >= 0.3 is 0 Å². The maximum Gasteiger partial charge on any atom is 0.226 e. The average molecular weight is 270 g/mol. The molecule has 102 valence electrons. The summed E-state index contributed by atoms with van der Waals surface area (Å²) in [5.74, 6) is 3.07. The molecule has 0 radical (unpaired) electrons. The Balaban J connectivity index is 1.63. The Morgan fingerprint density at radius 2 is 2.00 bits per heavy atom. The van der Waals surface area contributed by atoms with Crippen LogP contribution in [0.3, 0.4) is 0 Å². The van der Waals surface area contributed by atoms with E-state index in [0.717, 1.165) is 18.9 Å². The maximum atomic E-state index is 12.8. The number of carbonyl (C=O) groups excluding carboxylic acids is 1. The second-order valence-electron chi connectivity index (χ2n) is 6.44. The van der Waals surface area contributed by atoms with Crippen LogP contribution in [0.15, 0.2) is 0 Å². The van der Waals surface area contributed by atoms with Crippen LogP contribution in [0.25, 0.3) is 0 Å². The lowest BCUT2D eigenvalue weighted by atomic mass is 9.85. The van der Waals surface area contributed by atoms with E-state index in [4.69, 9.17) is 11.6 Å². The molecule has 0 spiro atoms. The van der Waals surface area contributed by atoms with Gasteiger partial charge in [-0.3, -0.25) is 4.79 Å². The number of halogens is 1. The first kappa shape index (κ1) is 12.8. The van der Waals surface area contributed by atoms with E-state index >= 15 is 0 Å². The van der Waals surface area contributed by atoms with Crippen LogP contribution in [-0.2, 0) is 4.79 Å². The lowest BCUT2D eigenvalue weighted by Crippen LogP contribution is -2.48. The third-order valence-electron chi connectivity index (χ3n) is 5.39. The Kier molecular flexibility index (Phi) is 3.83. The maximum absolute atomic E-state index is 12.8. The molecule has 0 heterocycles. The number of alkyl halides is 1. The number of fused-ring (bicyclic) bond motifs is 2. The molecule has 18 heavy (non-hydrogen) atoms. The highest BCUT2D eigenvalue weighted by Crippen LogP contribution is 2.49. The van der Waals surface area contributed by atoms with Crippen LogP contribution in [0.1, 0.15) is 51.4 Å². The fraction of sp³-hybridized carbons (Fsp3) is 0.933. The van der Waals surface area contributed by atoms with Crippen molar-refractivity contribution >= 4 is 17.5 Å². The summed E-state index contributed by atoms with van der Waals surface area (Å²) in [4.78, 5) is 15.0. The zero-order valence-corrected chi connectivity index (χ0v) is 11.9. The highest BCUT2D eigenvalue weighted by Gasteiger charge is 2.45. The van der Waals surface area contributed by atoms with Crippen LogP contribution < -0.4 is 0 Å². The molecule has 3 aliphatic rings. The molecule has 3 rings (SSSR count). The molecule has 3 fully saturated rings. The molecule has 3 atom stereocenters. The fourth-order valence-corrected chi connectivity index (χ4v) is 4.28. The van der Waals surface area contributed by atoms with Gasteiger partial charge in [0.15, 0.2) is 0 Å². The average Bonchev–Trinajstić information content (AvgIpc) is 2.93. The molecule has 0 aliphatic heterocycles. The predicted octanol–water partition coefficient (Wildman–Crippen LogP) is 3.43. The lowest BCUT2D eigenvalue weighted by Gasteiger charge is -2.40. The van der Waals surface area contributed by atoms with Crippen LogP contribution in [0.2, 0.25) is 0 Å². The Labute approximate surface area is 115 Å². The molecule has 3 aliphatic carbocycles. The van der Waals surface area contributed by atoms with Crippen LogP contribution in [0.5, 0.6) is 0 Å². The van der Waals surface area contributed by atoms with Crippen molar-refractivity contribution in [1.29, 1.82) is 0 Å². The van der Waals surface area contributed by atoms with Gasteiger partial charge in [-0.05, 0) is 56.8 Å². The van der Waals surface area contributed by atoms with Crippen molar-refractivity contribution in [3.05, 3.63) is 0 Å². The summed E-state index contributed by atoms with van der Waals surface area (Å²) in [6.07, 6.45) is 9.85. The van der Waals surface area contributed by atoms with Gasteiger partial charge in [0.1, 0.15) is 0 Å². The van der Waals surface area contributed by atoms with Gasteiger partial charge in [0.2, 0.25) is 5.91 Å². The van der Waals surface area contributed by atoms with E-state index in [9.17, 15) is 4.79 Å². The molecule has 0 N–H and O–H groups in total. The molecular formula is C15H24ClNO. The number of amides is 1. The van der Waals surface area contributed by atoms with Crippen LogP contribution >= 0.6 is 11.6 Å². The van der Waals surface area contributed by atoms with Gasteiger partial charge in [0.25, 0.3) is 0 Å². The molecule has 1 amide bonds. The summed E-state index contributed by atoms with van der Waals surface area (Å²) < 4.78 is 0. The normalized spacial score (nSPS) is 34.6. The minimum atomic E-state index is 0.361. The topological polar surface area (TPSA) is 20.3 Å². The molecule has 0 aromatic rings. The number of hydrogen-bond acceptors (Lipinski definition) is 1. The van der Waals surface area contributed by atoms with E-state index in [1.807, 2.05) is 0 Å². The SMILES string of the molecule is O=C(C1CC2CCC1C2)N(CCCCl)C1CCC1. The minimum Gasteiger partial charge on any atom is -0.339 e. The van der Waals surface area contributed by atoms with E-state index in [0.29, 0.717) is 29.7 Å². The third kappa shape index (κ3) is 2.29. The highest BCUT2D eigenvalue weighted by atomic mass is 35.5. The summed E-state index contributed by atoms with van der Waals surface area (Å²) in [5, 5.41) is 0. The van der Waals surface area contributed by atoms with Crippen molar-refractivity contribution in [2.24, 2.45) is 17.8 Å². The van der Waals surface area contributed by atoms with E-state index in [2.05, 4.69) is 4.90 Å². The smallest absolute Gasteiger partial charge is 0.226 e. The van der Waals surface area contributed by atoms with E-state index in [1.165, 1.54) is 44.9 Å². The first-order chi connectivity index (χ1) is 8.79. The van der Waals surface area contributed by atoms with Crippen molar-refractivity contribution in [3.8, 4) is 0 Å². The van der Waals surface area contributed by atoms with Crippen molar-refractivity contribution in [3.63, 3.8) is 0 Å². The molecule has 2 bridgehead atoms. The number of hydrogen-bond donors (Lipinski definition) is 0. The van der Waals surface area contributed by atoms with E-state index in [1.54, 1.807) is 0 Å². The standard InChI is InChI=1S/C15H24ClNO/c16-7-2-8-17(13-3-1-4-13)15(18)14-10-11-5-6-12(14)9-11/h11-14H,1-10H2. The summed E-state index contributed by atoms with van der Waals surface area (Å²) in [6.45, 7) is 0.890.